The molecule has 0 unspecified atom stereocenters. The summed E-state index contributed by atoms with van der Waals surface area (Å²) in [5.41, 5.74) is 0. The molecule has 1 atom stereocenters. The number of alkyl halides is 1. The van der Waals surface area contributed by atoms with E-state index in [1.165, 1.54) is 0 Å². The average Bonchev–Trinajstić information content (AvgIpc) is 1.82. The Balaban J connectivity index is 3.54. The predicted octanol–water partition coefficient (Wildman–Crippen LogP) is 0.484. The zero-order valence-electron chi connectivity index (χ0n) is 5.22. The van der Waals surface area contributed by atoms with Gasteiger partial charge in [-0.05, 0) is 6.54 Å². The SMILES string of the molecule is CCN[C@@H](CI)C(=O)O. The number of carboxylic acids is 1. The fourth-order valence-corrected chi connectivity index (χ4v) is 1.14. The molecule has 0 aromatic carbocycles. The zero-order valence-corrected chi connectivity index (χ0v) is 7.38. The molecule has 4 heteroatoms. The second kappa shape index (κ2) is 4.99. The van der Waals surface area contributed by atoms with Crippen LogP contribution < -0.4 is 5.32 Å². The maximum absolute atomic E-state index is 10.3. The summed E-state index contributed by atoms with van der Waals surface area (Å²) >= 11 is 2.04. The number of rotatable bonds is 4. The normalized spacial score (nSPS) is 13.1. The van der Waals surface area contributed by atoms with E-state index in [0.717, 1.165) is 0 Å². The number of aliphatic carboxylic acids is 1. The van der Waals surface area contributed by atoms with Crippen LogP contribution >= 0.6 is 22.6 Å². The minimum absolute atomic E-state index is 0.379. The number of halogens is 1. The van der Waals surface area contributed by atoms with Crippen LogP contribution in [0, 0.1) is 0 Å². The van der Waals surface area contributed by atoms with E-state index in [2.05, 4.69) is 5.32 Å². The molecule has 2 N–H and O–H groups in total. The maximum Gasteiger partial charge on any atom is 0.321 e. The highest BCUT2D eigenvalue weighted by Gasteiger charge is 2.12. The van der Waals surface area contributed by atoms with E-state index < -0.39 is 5.97 Å². The molecule has 3 nitrogen and oxygen atoms in total. The third-order valence-electron chi connectivity index (χ3n) is 0.903. The van der Waals surface area contributed by atoms with Gasteiger partial charge < -0.3 is 10.4 Å². The summed E-state index contributed by atoms with van der Waals surface area (Å²) < 4.78 is 0.612. The molecule has 0 heterocycles. The van der Waals surface area contributed by atoms with Crippen molar-refractivity contribution in [2.75, 3.05) is 11.0 Å². The number of carbonyl (C=O) groups is 1. The molecule has 0 aromatic rings. The molecule has 0 saturated carbocycles. The van der Waals surface area contributed by atoms with Gasteiger partial charge in [-0.3, -0.25) is 4.79 Å². The minimum atomic E-state index is -0.772. The molecule has 0 fully saturated rings. The van der Waals surface area contributed by atoms with Crippen molar-refractivity contribution in [2.24, 2.45) is 0 Å². The van der Waals surface area contributed by atoms with E-state index in [4.69, 9.17) is 5.11 Å². The van der Waals surface area contributed by atoms with Gasteiger partial charge in [-0.15, -0.1) is 0 Å². The van der Waals surface area contributed by atoms with Crippen LogP contribution in [0.3, 0.4) is 0 Å². The molecule has 0 radical (unpaired) electrons. The highest BCUT2D eigenvalue weighted by atomic mass is 127. The fraction of sp³-hybridized carbons (Fsp3) is 0.800. The van der Waals surface area contributed by atoms with Gasteiger partial charge >= 0.3 is 5.97 Å². The van der Waals surface area contributed by atoms with Crippen molar-refractivity contribution >= 4 is 28.6 Å². The van der Waals surface area contributed by atoms with Crippen LogP contribution in [0.25, 0.3) is 0 Å². The summed E-state index contributed by atoms with van der Waals surface area (Å²) in [7, 11) is 0. The summed E-state index contributed by atoms with van der Waals surface area (Å²) in [6, 6.07) is -0.379. The van der Waals surface area contributed by atoms with Gasteiger partial charge in [-0.2, -0.15) is 0 Å². The molecule has 9 heavy (non-hydrogen) atoms. The van der Waals surface area contributed by atoms with Crippen LogP contribution in [0.1, 0.15) is 6.92 Å². The van der Waals surface area contributed by atoms with Gasteiger partial charge in [0.2, 0.25) is 0 Å². The molecular formula is C5H10INO2. The lowest BCUT2D eigenvalue weighted by Gasteiger charge is -2.07. The number of nitrogens with one attached hydrogen (secondary N) is 1. The topological polar surface area (TPSA) is 49.3 Å². The first kappa shape index (κ1) is 9.16. The largest absolute Gasteiger partial charge is 0.480 e. The second-order valence-electron chi connectivity index (χ2n) is 1.60. The number of likely N-dealkylation sites (N-methyl/N-ethyl adjacent to an activating group) is 1. The van der Waals surface area contributed by atoms with E-state index in [1.807, 2.05) is 29.5 Å². The molecule has 0 aliphatic heterocycles. The van der Waals surface area contributed by atoms with Gasteiger partial charge in [0.1, 0.15) is 6.04 Å². The standard InChI is InChI=1S/C5H10INO2/c1-2-7-4(3-6)5(8)9/h4,7H,2-3H2,1H3,(H,8,9)/t4-/m0/s1. The molecule has 0 aliphatic carbocycles. The quantitative estimate of drug-likeness (QED) is 0.557. The van der Waals surface area contributed by atoms with Crippen molar-refractivity contribution in [2.45, 2.75) is 13.0 Å². The smallest absolute Gasteiger partial charge is 0.321 e. The second-order valence-corrected chi connectivity index (χ2v) is 2.48. The lowest BCUT2D eigenvalue weighted by Crippen LogP contribution is -2.37. The van der Waals surface area contributed by atoms with Gasteiger partial charge in [-0.25, -0.2) is 0 Å². The minimum Gasteiger partial charge on any atom is -0.480 e. The van der Waals surface area contributed by atoms with Crippen molar-refractivity contribution in [3.63, 3.8) is 0 Å². The fourth-order valence-electron chi connectivity index (χ4n) is 0.454. The number of hydrogen-bond acceptors (Lipinski definition) is 2. The van der Waals surface area contributed by atoms with Crippen molar-refractivity contribution in [1.82, 2.24) is 5.32 Å². The molecule has 0 spiro atoms. The Morgan fingerprint density at radius 3 is 2.56 bits per heavy atom. The summed E-state index contributed by atoms with van der Waals surface area (Å²) in [6.45, 7) is 2.60. The Bertz CT molecular complexity index is 97.0. The predicted molar refractivity (Wildman–Crippen MR) is 44.0 cm³/mol. The Morgan fingerprint density at radius 2 is 2.44 bits per heavy atom. The Hall–Kier alpha value is 0.160. The lowest BCUT2D eigenvalue weighted by atomic mass is 10.3. The van der Waals surface area contributed by atoms with Crippen LogP contribution in [-0.2, 0) is 4.79 Å². The summed E-state index contributed by atoms with van der Waals surface area (Å²) in [6.07, 6.45) is 0. The molecule has 0 aliphatic rings. The summed E-state index contributed by atoms with van der Waals surface area (Å²) in [4.78, 5) is 10.3. The maximum atomic E-state index is 10.3. The van der Waals surface area contributed by atoms with E-state index in [9.17, 15) is 4.79 Å². The molecule has 0 aromatic heterocycles. The first-order valence-electron chi connectivity index (χ1n) is 2.74. The van der Waals surface area contributed by atoms with Crippen LogP contribution in [-0.4, -0.2) is 28.1 Å². The Labute approximate surface area is 68.0 Å². The molecule has 0 rings (SSSR count). The molecule has 54 valence electrons. The molecule has 0 amide bonds. The zero-order chi connectivity index (χ0) is 7.28. The average molecular weight is 243 g/mol. The van der Waals surface area contributed by atoms with E-state index in [0.29, 0.717) is 11.0 Å². The molecular weight excluding hydrogens is 233 g/mol. The molecule has 0 saturated heterocycles. The van der Waals surface area contributed by atoms with Crippen LogP contribution in [0.5, 0.6) is 0 Å². The van der Waals surface area contributed by atoms with Crippen molar-refractivity contribution in [1.29, 1.82) is 0 Å². The highest BCUT2D eigenvalue weighted by Crippen LogP contribution is 1.90. The lowest BCUT2D eigenvalue weighted by molar-refractivity contribution is -0.138. The van der Waals surface area contributed by atoms with Gasteiger partial charge in [0.05, 0.1) is 0 Å². The van der Waals surface area contributed by atoms with E-state index in [1.54, 1.807) is 0 Å². The third-order valence-corrected chi connectivity index (χ3v) is 1.78. The van der Waals surface area contributed by atoms with E-state index in [-0.39, 0.29) is 6.04 Å². The summed E-state index contributed by atoms with van der Waals surface area (Å²) in [5.74, 6) is -0.772. The van der Waals surface area contributed by atoms with Gasteiger partial charge in [0, 0.05) is 4.43 Å². The Kier molecular flexibility index (Phi) is 5.07. The third kappa shape index (κ3) is 3.69. The van der Waals surface area contributed by atoms with Gasteiger partial charge in [-0.1, -0.05) is 29.5 Å². The van der Waals surface area contributed by atoms with Crippen molar-refractivity contribution in [3.8, 4) is 0 Å². The monoisotopic (exact) mass is 243 g/mol. The summed E-state index contributed by atoms with van der Waals surface area (Å²) in [5, 5.41) is 11.3. The highest BCUT2D eigenvalue weighted by molar-refractivity contribution is 14.1. The van der Waals surface area contributed by atoms with Crippen LogP contribution in [0.15, 0.2) is 0 Å². The number of hydrogen-bond donors (Lipinski definition) is 2. The molecule has 0 bridgehead atoms. The van der Waals surface area contributed by atoms with Crippen molar-refractivity contribution < 1.29 is 9.90 Å². The first-order valence-corrected chi connectivity index (χ1v) is 4.27. The first-order chi connectivity index (χ1) is 4.22. The van der Waals surface area contributed by atoms with Crippen LogP contribution in [0.4, 0.5) is 0 Å². The van der Waals surface area contributed by atoms with Crippen LogP contribution in [0.2, 0.25) is 0 Å². The van der Waals surface area contributed by atoms with Gasteiger partial charge in [0.15, 0.2) is 0 Å². The van der Waals surface area contributed by atoms with Crippen molar-refractivity contribution in [3.05, 3.63) is 0 Å². The van der Waals surface area contributed by atoms with E-state index >= 15 is 0 Å². The Morgan fingerprint density at radius 1 is 1.89 bits per heavy atom. The number of carboxylic acid groups (broad SMARTS) is 1. The van der Waals surface area contributed by atoms with Gasteiger partial charge in [0.25, 0.3) is 0 Å².